The van der Waals surface area contributed by atoms with Crippen LogP contribution in [0.25, 0.3) is 0 Å². The predicted molar refractivity (Wildman–Crippen MR) is 89.0 cm³/mol. The monoisotopic (exact) mass is 290 g/mol. The number of nitrogens with zero attached hydrogens (tertiary/aromatic N) is 1. The van der Waals surface area contributed by atoms with Crippen LogP contribution in [0.3, 0.4) is 0 Å². The first kappa shape index (κ1) is 16.3. The Hall–Kier alpha value is -1.06. The van der Waals surface area contributed by atoms with Gasteiger partial charge in [-0.3, -0.25) is 4.90 Å². The molecular formula is C18H30N2O. The Balaban J connectivity index is 2.05. The van der Waals surface area contributed by atoms with Gasteiger partial charge in [0.15, 0.2) is 0 Å². The van der Waals surface area contributed by atoms with Gasteiger partial charge in [-0.05, 0) is 43.9 Å². The molecule has 1 atom stereocenters. The highest BCUT2D eigenvalue weighted by Crippen LogP contribution is 2.21. The fourth-order valence-corrected chi connectivity index (χ4v) is 3.06. The molecule has 118 valence electrons. The number of nitrogens with one attached hydrogen (secondary N) is 1. The van der Waals surface area contributed by atoms with Crippen molar-refractivity contribution in [1.29, 1.82) is 0 Å². The van der Waals surface area contributed by atoms with Crippen LogP contribution in [0.4, 0.5) is 0 Å². The van der Waals surface area contributed by atoms with E-state index in [1.165, 1.54) is 5.56 Å². The van der Waals surface area contributed by atoms with E-state index in [9.17, 15) is 0 Å². The zero-order valence-corrected chi connectivity index (χ0v) is 13.9. The summed E-state index contributed by atoms with van der Waals surface area (Å²) >= 11 is 0. The van der Waals surface area contributed by atoms with Crippen molar-refractivity contribution in [2.45, 2.75) is 46.3 Å². The summed E-state index contributed by atoms with van der Waals surface area (Å²) in [6, 6.07) is 9.21. The van der Waals surface area contributed by atoms with E-state index in [0.717, 1.165) is 38.3 Å². The quantitative estimate of drug-likeness (QED) is 0.872. The number of rotatable bonds is 6. The maximum Gasteiger partial charge on any atom is 0.119 e. The molecule has 1 unspecified atom stereocenters. The van der Waals surface area contributed by atoms with Gasteiger partial charge in [0, 0.05) is 32.2 Å². The van der Waals surface area contributed by atoms with Crippen molar-refractivity contribution in [3.8, 4) is 5.75 Å². The minimum Gasteiger partial charge on any atom is -0.491 e. The number of ether oxygens (including phenoxy) is 1. The van der Waals surface area contributed by atoms with Crippen LogP contribution >= 0.6 is 0 Å². The van der Waals surface area contributed by atoms with Gasteiger partial charge in [0.05, 0.1) is 6.10 Å². The summed E-state index contributed by atoms with van der Waals surface area (Å²) < 4.78 is 5.82. The second-order valence-corrected chi connectivity index (χ2v) is 6.62. The summed E-state index contributed by atoms with van der Waals surface area (Å²) in [4.78, 5) is 2.64. The van der Waals surface area contributed by atoms with E-state index in [0.29, 0.717) is 12.0 Å². The lowest BCUT2D eigenvalue weighted by atomic mass is 9.94. The molecule has 0 saturated carbocycles. The van der Waals surface area contributed by atoms with Gasteiger partial charge in [0.25, 0.3) is 0 Å². The molecule has 2 rings (SSSR count). The first-order valence-corrected chi connectivity index (χ1v) is 8.26. The van der Waals surface area contributed by atoms with Gasteiger partial charge in [-0.25, -0.2) is 0 Å². The topological polar surface area (TPSA) is 24.5 Å². The summed E-state index contributed by atoms with van der Waals surface area (Å²) in [5.74, 6) is 1.66. The number of benzene rings is 1. The molecule has 1 aromatic rings. The van der Waals surface area contributed by atoms with Crippen LogP contribution in [0, 0.1) is 5.92 Å². The summed E-state index contributed by atoms with van der Waals surface area (Å²) in [7, 11) is 0. The van der Waals surface area contributed by atoms with E-state index in [4.69, 9.17) is 4.74 Å². The minimum absolute atomic E-state index is 0.231. The maximum atomic E-state index is 5.82. The summed E-state index contributed by atoms with van der Waals surface area (Å²) in [6.45, 7) is 13.4. The fourth-order valence-electron chi connectivity index (χ4n) is 3.06. The average molecular weight is 290 g/mol. The van der Waals surface area contributed by atoms with Crippen LogP contribution in [0.15, 0.2) is 24.3 Å². The molecule has 1 aliphatic rings. The lowest BCUT2D eigenvalue weighted by Gasteiger charge is -2.37. The fraction of sp³-hybridized carbons (Fsp3) is 0.667. The van der Waals surface area contributed by atoms with E-state index < -0.39 is 0 Å². The molecule has 1 N–H and O–H groups in total. The standard InChI is InChI=1S/C18H30N2O/c1-14(2)18(20-10-8-19-9-11-20)13-16-6-5-7-17(12-16)21-15(3)4/h5-7,12,14-15,18-19H,8-11,13H2,1-4H3. The molecule has 1 aliphatic heterocycles. The highest BCUT2D eigenvalue weighted by Gasteiger charge is 2.23. The second kappa shape index (κ2) is 7.81. The maximum absolute atomic E-state index is 5.82. The predicted octanol–water partition coefficient (Wildman–Crippen LogP) is 2.95. The van der Waals surface area contributed by atoms with E-state index >= 15 is 0 Å². The van der Waals surface area contributed by atoms with Crippen molar-refractivity contribution in [1.82, 2.24) is 10.2 Å². The molecule has 3 heteroatoms. The molecule has 0 radical (unpaired) electrons. The molecule has 1 saturated heterocycles. The second-order valence-electron chi connectivity index (χ2n) is 6.62. The first-order chi connectivity index (χ1) is 10.1. The van der Waals surface area contributed by atoms with Crippen molar-refractivity contribution < 1.29 is 4.74 Å². The van der Waals surface area contributed by atoms with Gasteiger partial charge in [-0.2, -0.15) is 0 Å². The van der Waals surface area contributed by atoms with E-state index in [-0.39, 0.29) is 6.10 Å². The van der Waals surface area contributed by atoms with Crippen LogP contribution in [0.5, 0.6) is 5.75 Å². The van der Waals surface area contributed by atoms with Crippen molar-refractivity contribution in [2.24, 2.45) is 5.92 Å². The zero-order valence-electron chi connectivity index (χ0n) is 13.9. The smallest absolute Gasteiger partial charge is 0.119 e. The van der Waals surface area contributed by atoms with Gasteiger partial charge >= 0.3 is 0 Å². The highest BCUT2D eigenvalue weighted by molar-refractivity contribution is 5.29. The zero-order chi connectivity index (χ0) is 15.2. The third-order valence-electron chi connectivity index (χ3n) is 4.11. The van der Waals surface area contributed by atoms with Crippen LogP contribution in [0.2, 0.25) is 0 Å². The molecule has 0 aromatic heterocycles. The molecule has 0 aliphatic carbocycles. The number of hydrogen-bond donors (Lipinski definition) is 1. The Labute approximate surface area is 129 Å². The average Bonchev–Trinajstić information content (AvgIpc) is 2.45. The number of piperazine rings is 1. The largest absolute Gasteiger partial charge is 0.491 e. The first-order valence-electron chi connectivity index (χ1n) is 8.26. The van der Waals surface area contributed by atoms with E-state index in [2.05, 4.69) is 62.2 Å². The van der Waals surface area contributed by atoms with Crippen molar-refractivity contribution in [3.05, 3.63) is 29.8 Å². The SMILES string of the molecule is CC(C)Oc1cccc(CC(C(C)C)N2CCNCC2)c1. The van der Waals surface area contributed by atoms with Crippen LogP contribution < -0.4 is 10.1 Å². The van der Waals surface area contributed by atoms with E-state index in [1.807, 2.05) is 0 Å². The molecule has 1 aromatic carbocycles. The molecular weight excluding hydrogens is 260 g/mol. The molecule has 0 amide bonds. The van der Waals surface area contributed by atoms with Gasteiger partial charge in [-0.15, -0.1) is 0 Å². The Morgan fingerprint density at radius 1 is 1.14 bits per heavy atom. The molecule has 1 fully saturated rings. The summed E-state index contributed by atoms with van der Waals surface area (Å²) in [6.07, 6.45) is 1.33. The van der Waals surface area contributed by atoms with Crippen molar-refractivity contribution in [3.63, 3.8) is 0 Å². The van der Waals surface area contributed by atoms with Crippen LogP contribution in [0.1, 0.15) is 33.3 Å². The van der Waals surface area contributed by atoms with Gasteiger partial charge in [0.1, 0.15) is 5.75 Å². The highest BCUT2D eigenvalue weighted by atomic mass is 16.5. The molecule has 3 nitrogen and oxygen atoms in total. The Morgan fingerprint density at radius 2 is 1.86 bits per heavy atom. The van der Waals surface area contributed by atoms with Crippen molar-refractivity contribution in [2.75, 3.05) is 26.2 Å². The minimum atomic E-state index is 0.231. The molecule has 0 bridgehead atoms. The van der Waals surface area contributed by atoms with Crippen LogP contribution in [-0.4, -0.2) is 43.2 Å². The number of hydrogen-bond acceptors (Lipinski definition) is 3. The Morgan fingerprint density at radius 3 is 2.48 bits per heavy atom. The molecule has 0 spiro atoms. The van der Waals surface area contributed by atoms with Gasteiger partial charge in [-0.1, -0.05) is 26.0 Å². The third kappa shape index (κ3) is 5.01. The molecule has 21 heavy (non-hydrogen) atoms. The normalized spacial score (nSPS) is 18.2. The summed E-state index contributed by atoms with van der Waals surface area (Å²) in [5, 5.41) is 3.44. The van der Waals surface area contributed by atoms with E-state index in [1.54, 1.807) is 0 Å². The van der Waals surface area contributed by atoms with Crippen LogP contribution in [-0.2, 0) is 6.42 Å². The summed E-state index contributed by atoms with van der Waals surface area (Å²) in [5.41, 5.74) is 1.38. The third-order valence-corrected chi connectivity index (χ3v) is 4.11. The Kier molecular flexibility index (Phi) is 6.07. The van der Waals surface area contributed by atoms with Gasteiger partial charge in [0.2, 0.25) is 0 Å². The van der Waals surface area contributed by atoms with Crippen molar-refractivity contribution >= 4 is 0 Å². The lowest BCUT2D eigenvalue weighted by molar-refractivity contribution is 0.136. The Bertz CT molecular complexity index is 425. The lowest BCUT2D eigenvalue weighted by Crippen LogP contribution is -2.50. The van der Waals surface area contributed by atoms with Gasteiger partial charge < -0.3 is 10.1 Å². The molecule has 1 heterocycles.